The Bertz CT molecular complexity index is 566. The van der Waals surface area contributed by atoms with Crippen molar-refractivity contribution in [1.82, 2.24) is 9.97 Å². The molecule has 0 saturated carbocycles. The van der Waals surface area contributed by atoms with Gasteiger partial charge < -0.3 is 10.1 Å². The lowest BCUT2D eigenvalue weighted by Gasteiger charge is -2.15. The molecule has 1 aromatic carbocycles. The number of aromatic nitrogens is 2. The SMILES string of the molecule is Cc1ncc(C(CCCO)c2ccc(C#N)cc2)[nH]1. The van der Waals surface area contributed by atoms with Crippen LogP contribution in [0, 0.1) is 18.3 Å². The fourth-order valence-corrected chi connectivity index (χ4v) is 2.20. The van der Waals surface area contributed by atoms with Crippen LogP contribution in [0.25, 0.3) is 0 Å². The van der Waals surface area contributed by atoms with Crippen LogP contribution in [0.3, 0.4) is 0 Å². The highest BCUT2D eigenvalue weighted by molar-refractivity contribution is 5.35. The van der Waals surface area contributed by atoms with Crippen LogP contribution in [-0.2, 0) is 0 Å². The summed E-state index contributed by atoms with van der Waals surface area (Å²) in [4.78, 5) is 7.49. The number of nitrogens with zero attached hydrogens (tertiary/aromatic N) is 2. The molecule has 0 aliphatic rings. The van der Waals surface area contributed by atoms with Crippen molar-refractivity contribution in [3.63, 3.8) is 0 Å². The summed E-state index contributed by atoms with van der Waals surface area (Å²) in [5, 5.41) is 17.9. The minimum Gasteiger partial charge on any atom is -0.396 e. The maximum Gasteiger partial charge on any atom is 0.103 e. The average Bonchev–Trinajstić information content (AvgIpc) is 2.86. The first-order chi connectivity index (χ1) is 9.24. The van der Waals surface area contributed by atoms with E-state index in [2.05, 4.69) is 16.0 Å². The molecule has 0 fully saturated rings. The normalized spacial score (nSPS) is 12.1. The number of hydrogen-bond acceptors (Lipinski definition) is 3. The number of nitrogens with one attached hydrogen (secondary N) is 1. The van der Waals surface area contributed by atoms with Crippen molar-refractivity contribution in [3.05, 3.63) is 53.1 Å². The highest BCUT2D eigenvalue weighted by Gasteiger charge is 2.15. The van der Waals surface area contributed by atoms with E-state index in [1.165, 1.54) is 0 Å². The van der Waals surface area contributed by atoms with Crippen LogP contribution < -0.4 is 0 Å². The molecule has 98 valence electrons. The van der Waals surface area contributed by atoms with Gasteiger partial charge in [-0.1, -0.05) is 12.1 Å². The molecule has 4 heteroatoms. The molecule has 0 saturated heterocycles. The Morgan fingerprint density at radius 3 is 2.63 bits per heavy atom. The molecule has 4 nitrogen and oxygen atoms in total. The first-order valence-corrected chi connectivity index (χ1v) is 6.37. The maximum absolute atomic E-state index is 9.03. The van der Waals surface area contributed by atoms with Gasteiger partial charge in [0.2, 0.25) is 0 Å². The van der Waals surface area contributed by atoms with Crippen LogP contribution in [0.4, 0.5) is 0 Å². The Hall–Kier alpha value is -2.12. The number of benzene rings is 1. The van der Waals surface area contributed by atoms with Gasteiger partial charge in [0.25, 0.3) is 0 Å². The number of hydrogen-bond donors (Lipinski definition) is 2. The second-order valence-electron chi connectivity index (χ2n) is 4.58. The first-order valence-electron chi connectivity index (χ1n) is 6.37. The number of H-pyrrole nitrogens is 1. The molecular weight excluding hydrogens is 238 g/mol. The minimum absolute atomic E-state index is 0.180. The van der Waals surface area contributed by atoms with Crippen molar-refractivity contribution in [2.45, 2.75) is 25.7 Å². The van der Waals surface area contributed by atoms with Gasteiger partial charge in [0.15, 0.2) is 0 Å². The summed E-state index contributed by atoms with van der Waals surface area (Å²) in [5.41, 5.74) is 2.84. The molecule has 2 N–H and O–H groups in total. The Morgan fingerprint density at radius 2 is 2.11 bits per heavy atom. The fraction of sp³-hybridized carbons (Fsp3) is 0.333. The summed E-state index contributed by atoms with van der Waals surface area (Å²) in [6.45, 7) is 2.10. The molecule has 2 aromatic rings. The van der Waals surface area contributed by atoms with Crippen LogP contribution in [-0.4, -0.2) is 21.7 Å². The Balaban J connectivity index is 2.28. The smallest absolute Gasteiger partial charge is 0.103 e. The molecule has 0 aliphatic carbocycles. The largest absolute Gasteiger partial charge is 0.396 e. The number of imidazole rings is 1. The standard InChI is InChI=1S/C15H17N3O/c1-11-17-10-15(18-11)14(3-2-8-19)13-6-4-12(9-16)5-7-13/h4-7,10,14,19H,2-3,8H2,1H3,(H,17,18). The van der Waals surface area contributed by atoms with Gasteiger partial charge >= 0.3 is 0 Å². The van der Waals surface area contributed by atoms with E-state index in [1.807, 2.05) is 37.4 Å². The highest BCUT2D eigenvalue weighted by Crippen LogP contribution is 2.28. The van der Waals surface area contributed by atoms with E-state index in [9.17, 15) is 0 Å². The third kappa shape index (κ3) is 3.21. The van der Waals surface area contributed by atoms with Crippen molar-refractivity contribution in [3.8, 4) is 6.07 Å². The zero-order chi connectivity index (χ0) is 13.7. The molecule has 1 atom stereocenters. The van der Waals surface area contributed by atoms with E-state index in [-0.39, 0.29) is 12.5 Å². The van der Waals surface area contributed by atoms with Crippen molar-refractivity contribution >= 4 is 0 Å². The molecule has 0 radical (unpaired) electrons. The monoisotopic (exact) mass is 255 g/mol. The lowest BCUT2D eigenvalue weighted by Crippen LogP contribution is -2.03. The lowest BCUT2D eigenvalue weighted by atomic mass is 9.91. The number of aliphatic hydroxyl groups excluding tert-OH is 1. The van der Waals surface area contributed by atoms with Gasteiger partial charge in [-0.05, 0) is 37.5 Å². The zero-order valence-electron chi connectivity index (χ0n) is 10.9. The number of aromatic amines is 1. The van der Waals surface area contributed by atoms with Gasteiger partial charge in [-0.25, -0.2) is 4.98 Å². The molecular formula is C15H17N3O. The van der Waals surface area contributed by atoms with Gasteiger partial charge in [0, 0.05) is 24.4 Å². The topological polar surface area (TPSA) is 72.7 Å². The third-order valence-corrected chi connectivity index (χ3v) is 3.19. The number of nitriles is 1. The summed E-state index contributed by atoms with van der Waals surface area (Å²) in [6.07, 6.45) is 3.43. The van der Waals surface area contributed by atoms with Crippen LogP contribution in [0.1, 0.15) is 41.4 Å². The summed E-state index contributed by atoms with van der Waals surface area (Å²) in [7, 11) is 0. The molecule has 1 aromatic heterocycles. The van der Waals surface area contributed by atoms with Crippen LogP contribution in [0.2, 0.25) is 0 Å². The van der Waals surface area contributed by atoms with E-state index < -0.39 is 0 Å². The summed E-state index contributed by atoms with van der Waals surface area (Å²) < 4.78 is 0. The predicted molar refractivity (Wildman–Crippen MR) is 72.6 cm³/mol. The van der Waals surface area contributed by atoms with Crippen molar-refractivity contribution in [2.75, 3.05) is 6.61 Å². The van der Waals surface area contributed by atoms with E-state index in [1.54, 1.807) is 0 Å². The zero-order valence-corrected chi connectivity index (χ0v) is 10.9. The molecule has 0 amide bonds. The van der Waals surface area contributed by atoms with Gasteiger partial charge in [-0.2, -0.15) is 5.26 Å². The van der Waals surface area contributed by atoms with Crippen molar-refractivity contribution < 1.29 is 5.11 Å². The molecule has 0 aliphatic heterocycles. The molecule has 1 unspecified atom stereocenters. The number of aliphatic hydroxyl groups is 1. The highest BCUT2D eigenvalue weighted by atomic mass is 16.2. The second kappa shape index (κ2) is 6.17. The predicted octanol–water partition coefficient (Wildman–Crippen LogP) is 2.49. The maximum atomic E-state index is 9.03. The second-order valence-corrected chi connectivity index (χ2v) is 4.58. The fourth-order valence-electron chi connectivity index (χ4n) is 2.20. The summed E-state index contributed by atoms with van der Waals surface area (Å²) in [5.74, 6) is 1.07. The Kier molecular flexibility index (Phi) is 4.32. The van der Waals surface area contributed by atoms with E-state index in [0.29, 0.717) is 5.56 Å². The molecule has 19 heavy (non-hydrogen) atoms. The molecule has 1 heterocycles. The van der Waals surface area contributed by atoms with E-state index in [4.69, 9.17) is 10.4 Å². The minimum atomic E-state index is 0.180. The quantitative estimate of drug-likeness (QED) is 0.862. The lowest BCUT2D eigenvalue weighted by molar-refractivity contribution is 0.281. The van der Waals surface area contributed by atoms with Crippen LogP contribution in [0.5, 0.6) is 0 Å². The summed E-state index contributed by atoms with van der Waals surface area (Å²) in [6, 6.07) is 9.71. The van der Waals surface area contributed by atoms with Crippen LogP contribution >= 0.6 is 0 Å². The van der Waals surface area contributed by atoms with E-state index >= 15 is 0 Å². The average molecular weight is 255 g/mol. The molecule has 0 bridgehead atoms. The van der Waals surface area contributed by atoms with Gasteiger partial charge in [-0.15, -0.1) is 0 Å². The van der Waals surface area contributed by atoms with Crippen molar-refractivity contribution in [1.29, 1.82) is 5.26 Å². The van der Waals surface area contributed by atoms with Crippen LogP contribution in [0.15, 0.2) is 30.5 Å². The molecule has 2 rings (SSSR count). The van der Waals surface area contributed by atoms with Gasteiger partial charge in [0.1, 0.15) is 5.82 Å². The Morgan fingerprint density at radius 1 is 1.37 bits per heavy atom. The van der Waals surface area contributed by atoms with Gasteiger partial charge in [0.05, 0.1) is 11.6 Å². The summed E-state index contributed by atoms with van der Waals surface area (Å²) >= 11 is 0. The van der Waals surface area contributed by atoms with Crippen molar-refractivity contribution in [2.24, 2.45) is 0 Å². The number of aryl methyl sites for hydroxylation is 1. The van der Waals surface area contributed by atoms with Gasteiger partial charge in [-0.3, -0.25) is 0 Å². The van der Waals surface area contributed by atoms with E-state index in [0.717, 1.165) is 29.9 Å². The third-order valence-electron chi connectivity index (χ3n) is 3.19. The molecule has 0 spiro atoms. The first kappa shape index (κ1) is 13.3. The Labute approximate surface area is 112 Å². The number of rotatable bonds is 5.